The number of alkyl halides is 3. The maximum absolute atomic E-state index is 13.1. The van der Waals surface area contributed by atoms with Gasteiger partial charge in [-0.1, -0.05) is 60.7 Å². The minimum atomic E-state index is -4.37. The lowest BCUT2D eigenvalue weighted by molar-refractivity contribution is -0.138. The first-order chi connectivity index (χ1) is 12.5. The number of nitrogens with one attached hydrogen (secondary N) is 1. The first kappa shape index (κ1) is 16.7. The monoisotopic (exact) mass is 355 g/mol. The molecule has 3 aromatic rings. The van der Waals surface area contributed by atoms with Gasteiger partial charge in [0.2, 0.25) is 0 Å². The predicted molar refractivity (Wildman–Crippen MR) is 95.7 cm³/mol. The van der Waals surface area contributed by atoms with Crippen LogP contribution in [0.5, 0.6) is 5.75 Å². The van der Waals surface area contributed by atoms with Crippen LogP contribution >= 0.6 is 0 Å². The zero-order valence-corrected chi connectivity index (χ0v) is 13.8. The highest BCUT2D eigenvalue weighted by molar-refractivity contribution is 5.92. The van der Waals surface area contributed by atoms with Crippen molar-refractivity contribution < 1.29 is 17.9 Å². The Labute approximate surface area is 148 Å². The average molecular weight is 355 g/mol. The van der Waals surface area contributed by atoms with Gasteiger partial charge in [-0.2, -0.15) is 13.2 Å². The molecule has 3 aromatic carbocycles. The van der Waals surface area contributed by atoms with Gasteiger partial charge in [0.15, 0.2) is 6.23 Å². The Morgan fingerprint density at radius 1 is 0.923 bits per heavy atom. The number of hydrogen-bond acceptors (Lipinski definition) is 2. The van der Waals surface area contributed by atoms with Gasteiger partial charge >= 0.3 is 6.18 Å². The third-order valence-electron chi connectivity index (χ3n) is 4.42. The van der Waals surface area contributed by atoms with Gasteiger partial charge in [0.25, 0.3) is 0 Å². The molecule has 1 aliphatic heterocycles. The highest BCUT2D eigenvalue weighted by atomic mass is 19.4. The predicted octanol–water partition coefficient (Wildman–Crippen LogP) is 5.38. The Bertz CT molecular complexity index is 978. The fourth-order valence-electron chi connectivity index (χ4n) is 3.15. The number of rotatable bonds is 3. The minimum absolute atomic E-state index is 0.0603. The van der Waals surface area contributed by atoms with Crippen molar-refractivity contribution in [2.24, 2.45) is 0 Å². The van der Waals surface area contributed by atoms with Crippen LogP contribution in [-0.4, -0.2) is 6.23 Å². The second-order valence-electron chi connectivity index (χ2n) is 6.14. The zero-order valence-electron chi connectivity index (χ0n) is 13.8. The molecule has 0 radical (unpaired) electrons. The van der Waals surface area contributed by atoms with E-state index < -0.39 is 18.0 Å². The van der Waals surface area contributed by atoms with E-state index in [1.165, 1.54) is 12.1 Å². The Balaban J connectivity index is 1.55. The van der Waals surface area contributed by atoms with Crippen molar-refractivity contribution in [2.45, 2.75) is 18.9 Å². The molecule has 0 aromatic heterocycles. The van der Waals surface area contributed by atoms with E-state index in [0.717, 1.165) is 28.2 Å². The van der Waals surface area contributed by atoms with E-state index in [1.807, 2.05) is 48.6 Å². The average Bonchev–Trinajstić information content (AvgIpc) is 2.65. The molecule has 1 atom stereocenters. The summed E-state index contributed by atoms with van der Waals surface area (Å²) in [5.74, 6) is 0.743. The molecule has 0 fully saturated rings. The highest BCUT2D eigenvalue weighted by Gasteiger charge is 2.32. The molecule has 0 saturated heterocycles. The molecule has 132 valence electrons. The van der Waals surface area contributed by atoms with Gasteiger partial charge in [-0.15, -0.1) is 0 Å². The molecule has 0 amide bonds. The second kappa shape index (κ2) is 6.50. The number of hydrogen-bond donors (Lipinski definition) is 1. The molecule has 1 heterocycles. The lowest BCUT2D eigenvalue weighted by Gasteiger charge is -2.24. The van der Waals surface area contributed by atoms with E-state index in [-0.39, 0.29) is 12.1 Å². The van der Waals surface area contributed by atoms with Crippen molar-refractivity contribution in [1.82, 2.24) is 5.32 Å². The molecule has 1 unspecified atom stereocenters. The molecule has 2 nitrogen and oxygen atoms in total. The topological polar surface area (TPSA) is 21.3 Å². The Morgan fingerprint density at radius 2 is 1.69 bits per heavy atom. The van der Waals surface area contributed by atoms with Crippen LogP contribution in [0.3, 0.4) is 0 Å². The summed E-state index contributed by atoms with van der Waals surface area (Å²) in [6.07, 6.45) is -1.12. The quantitative estimate of drug-likeness (QED) is 0.681. The summed E-state index contributed by atoms with van der Waals surface area (Å²) in [7, 11) is 0. The van der Waals surface area contributed by atoms with Gasteiger partial charge in [-0.3, -0.25) is 5.32 Å². The minimum Gasteiger partial charge on any atom is -0.470 e. The van der Waals surface area contributed by atoms with Crippen LogP contribution < -0.4 is 10.1 Å². The summed E-state index contributed by atoms with van der Waals surface area (Å²) in [4.78, 5) is 0. The second-order valence-corrected chi connectivity index (χ2v) is 6.14. The maximum Gasteiger partial charge on any atom is 0.416 e. The van der Waals surface area contributed by atoms with Gasteiger partial charge in [0.1, 0.15) is 5.75 Å². The molecule has 1 N–H and O–H groups in total. The standard InChI is InChI=1S/C21H16F3NO/c22-21(23,24)18-8-4-2-6-16(18)13-25-19-12-11-15-10-9-14-5-1-3-7-17(14)20(15)26-19/h1-12,19,25H,13H2. The number of benzene rings is 3. The fraction of sp³-hybridized carbons (Fsp3) is 0.143. The van der Waals surface area contributed by atoms with E-state index in [0.29, 0.717) is 0 Å². The van der Waals surface area contributed by atoms with Crippen LogP contribution in [-0.2, 0) is 12.7 Å². The maximum atomic E-state index is 13.1. The van der Waals surface area contributed by atoms with Gasteiger partial charge < -0.3 is 4.74 Å². The van der Waals surface area contributed by atoms with E-state index >= 15 is 0 Å². The van der Waals surface area contributed by atoms with Crippen LogP contribution in [0, 0.1) is 0 Å². The molecule has 0 spiro atoms. The van der Waals surface area contributed by atoms with E-state index in [4.69, 9.17) is 4.74 Å². The third kappa shape index (κ3) is 3.18. The lowest BCUT2D eigenvalue weighted by atomic mass is 10.0. The number of fused-ring (bicyclic) bond motifs is 3. The number of ether oxygens (including phenoxy) is 1. The van der Waals surface area contributed by atoms with E-state index in [1.54, 1.807) is 6.07 Å². The summed E-state index contributed by atoms with van der Waals surface area (Å²) in [6, 6.07) is 17.4. The van der Waals surface area contributed by atoms with Crippen molar-refractivity contribution in [3.8, 4) is 5.75 Å². The smallest absolute Gasteiger partial charge is 0.416 e. The van der Waals surface area contributed by atoms with Crippen molar-refractivity contribution in [3.63, 3.8) is 0 Å². The van der Waals surface area contributed by atoms with Gasteiger partial charge in [0, 0.05) is 17.5 Å². The summed E-state index contributed by atoms with van der Waals surface area (Å²) in [6.45, 7) is 0.0603. The Morgan fingerprint density at radius 3 is 2.54 bits per heavy atom. The SMILES string of the molecule is FC(F)(F)c1ccccc1CNC1C=Cc2ccc3ccccc3c2O1. The van der Waals surface area contributed by atoms with Crippen LogP contribution in [0.25, 0.3) is 16.8 Å². The Kier molecular flexibility index (Phi) is 4.17. The van der Waals surface area contributed by atoms with Crippen LogP contribution in [0.1, 0.15) is 16.7 Å². The normalized spacial score (nSPS) is 16.3. The summed E-state index contributed by atoms with van der Waals surface area (Å²) < 4.78 is 45.4. The first-order valence-electron chi connectivity index (χ1n) is 8.27. The van der Waals surface area contributed by atoms with Gasteiger partial charge in [0.05, 0.1) is 5.56 Å². The molecule has 0 aliphatic carbocycles. The molecule has 5 heteroatoms. The summed E-state index contributed by atoms with van der Waals surface area (Å²) in [5.41, 5.74) is 0.524. The molecular formula is C21H16F3NO. The van der Waals surface area contributed by atoms with Crippen molar-refractivity contribution in [3.05, 3.63) is 83.4 Å². The molecule has 1 aliphatic rings. The van der Waals surface area contributed by atoms with E-state index in [2.05, 4.69) is 5.32 Å². The van der Waals surface area contributed by atoms with Crippen LogP contribution in [0.2, 0.25) is 0 Å². The van der Waals surface area contributed by atoms with Crippen LogP contribution in [0.15, 0.2) is 66.7 Å². The van der Waals surface area contributed by atoms with E-state index in [9.17, 15) is 13.2 Å². The zero-order chi connectivity index (χ0) is 18.1. The molecular weight excluding hydrogens is 339 g/mol. The van der Waals surface area contributed by atoms with Crippen molar-refractivity contribution in [1.29, 1.82) is 0 Å². The molecule has 0 saturated carbocycles. The summed E-state index contributed by atoms with van der Waals surface area (Å²) in [5, 5.41) is 5.09. The largest absolute Gasteiger partial charge is 0.470 e. The van der Waals surface area contributed by atoms with Crippen molar-refractivity contribution >= 4 is 16.8 Å². The van der Waals surface area contributed by atoms with Crippen LogP contribution in [0.4, 0.5) is 13.2 Å². The highest BCUT2D eigenvalue weighted by Crippen LogP contribution is 2.34. The van der Waals surface area contributed by atoms with Crippen molar-refractivity contribution in [2.75, 3.05) is 0 Å². The molecule has 26 heavy (non-hydrogen) atoms. The fourth-order valence-corrected chi connectivity index (χ4v) is 3.15. The molecule has 0 bridgehead atoms. The third-order valence-corrected chi connectivity index (χ3v) is 4.42. The van der Waals surface area contributed by atoms with Gasteiger partial charge in [-0.25, -0.2) is 0 Å². The first-order valence-corrected chi connectivity index (χ1v) is 8.27. The lowest BCUT2D eigenvalue weighted by Crippen LogP contribution is -2.34. The summed E-state index contributed by atoms with van der Waals surface area (Å²) >= 11 is 0. The molecule has 4 rings (SSSR count). The Hall–Kier alpha value is -2.79. The van der Waals surface area contributed by atoms with Gasteiger partial charge in [-0.05, 0) is 23.1 Å². The number of halogens is 3.